The Balaban J connectivity index is 1.47. The number of imide groups is 1. The lowest BCUT2D eigenvalue weighted by Gasteiger charge is -2.17. The number of nitrogens with one attached hydrogen (secondary N) is 3. The van der Waals surface area contributed by atoms with Crippen LogP contribution in [0.5, 0.6) is 11.5 Å². The monoisotopic (exact) mass is 367 g/mol. The quantitative estimate of drug-likeness (QED) is 0.720. The van der Waals surface area contributed by atoms with E-state index in [0.717, 1.165) is 37.1 Å². The highest BCUT2D eigenvalue weighted by Gasteiger charge is 2.20. The van der Waals surface area contributed by atoms with Crippen LogP contribution in [0, 0.1) is 0 Å². The molecule has 0 bridgehead atoms. The molecule has 2 aromatic rings. The predicted octanol–water partition coefficient (Wildman–Crippen LogP) is 4.05. The molecular formula is C21H25N3O3. The highest BCUT2D eigenvalue weighted by Crippen LogP contribution is 2.23. The second-order valence-corrected chi connectivity index (χ2v) is 6.75. The fraction of sp³-hybridized carbons (Fsp3) is 0.333. The molecule has 3 amide bonds. The van der Waals surface area contributed by atoms with Gasteiger partial charge in [0, 0.05) is 11.7 Å². The lowest BCUT2D eigenvalue weighted by atomic mass is 10.2. The largest absolute Gasteiger partial charge is 0.457 e. The van der Waals surface area contributed by atoms with Crippen molar-refractivity contribution in [3.63, 3.8) is 0 Å². The van der Waals surface area contributed by atoms with Gasteiger partial charge in [-0.2, -0.15) is 0 Å². The topological polar surface area (TPSA) is 79.5 Å². The number of rotatable bonds is 6. The number of hydrogen-bond donors (Lipinski definition) is 3. The first kappa shape index (κ1) is 18.8. The lowest BCUT2D eigenvalue weighted by Crippen LogP contribution is -2.48. The number of carbonyl (C=O) groups is 2. The summed E-state index contributed by atoms with van der Waals surface area (Å²) in [7, 11) is 0. The summed E-state index contributed by atoms with van der Waals surface area (Å²) in [6.07, 6.45) is 4.21. The highest BCUT2D eigenvalue weighted by molar-refractivity contribution is 5.98. The Morgan fingerprint density at radius 3 is 2.26 bits per heavy atom. The van der Waals surface area contributed by atoms with E-state index in [1.165, 1.54) is 0 Å². The van der Waals surface area contributed by atoms with E-state index in [1.54, 1.807) is 6.92 Å². The van der Waals surface area contributed by atoms with Gasteiger partial charge in [-0.05, 0) is 56.2 Å². The van der Waals surface area contributed by atoms with Crippen molar-refractivity contribution in [1.29, 1.82) is 0 Å². The van der Waals surface area contributed by atoms with E-state index in [-0.39, 0.29) is 11.9 Å². The number of benzene rings is 2. The molecule has 0 spiro atoms. The molecule has 0 aliphatic heterocycles. The van der Waals surface area contributed by atoms with Crippen LogP contribution >= 0.6 is 0 Å². The number of carbonyl (C=O) groups excluding carboxylic acids is 2. The van der Waals surface area contributed by atoms with Gasteiger partial charge in [0.1, 0.15) is 17.5 Å². The van der Waals surface area contributed by atoms with E-state index in [0.29, 0.717) is 5.75 Å². The van der Waals surface area contributed by atoms with Crippen molar-refractivity contribution in [1.82, 2.24) is 10.6 Å². The van der Waals surface area contributed by atoms with E-state index in [4.69, 9.17) is 4.74 Å². The van der Waals surface area contributed by atoms with E-state index in [9.17, 15) is 9.59 Å². The van der Waals surface area contributed by atoms with Gasteiger partial charge in [-0.25, -0.2) is 4.79 Å². The van der Waals surface area contributed by atoms with Crippen molar-refractivity contribution >= 4 is 17.6 Å². The van der Waals surface area contributed by atoms with Crippen molar-refractivity contribution in [3.05, 3.63) is 54.6 Å². The molecule has 2 aromatic carbocycles. The third kappa shape index (κ3) is 5.74. The predicted molar refractivity (Wildman–Crippen MR) is 105 cm³/mol. The zero-order chi connectivity index (χ0) is 19.1. The first-order chi connectivity index (χ1) is 13.1. The molecule has 0 aromatic heterocycles. The highest BCUT2D eigenvalue weighted by atomic mass is 16.5. The second kappa shape index (κ2) is 9.07. The van der Waals surface area contributed by atoms with Gasteiger partial charge in [-0.1, -0.05) is 31.0 Å². The second-order valence-electron chi connectivity index (χ2n) is 6.75. The van der Waals surface area contributed by atoms with Gasteiger partial charge in [-0.3, -0.25) is 10.1 Å². The van der Waals surface area contributed by atoms with Gasteiger partial charge in [-0.15, -0.1) is 0 Å². The maximum Gasteiger partial charge on any atom is 0.321 e. The maximum absolute atomic E-state index is 12.2. The van der Waals surface area contributed by atoms with Crippen molar-refractivity contribution in [2.45, 2.75) is 44.7 Å². The fourth-order valence-electron chi connectivity index (χ4n) is 3.07. The number of anilines is 1. The molecule has 1 atom stereocenters. The lowest BCUT2D eigenvalue weighted by molar-refractivity contribution is -0.120. The molecule has 27 heavy (non-hydrogen) atoms. The fourth-order valence-corrected chi connectivity index (χ4v) is 3.07. The molecule has 0 radical (unpaired) electrons. The Labute approximate surface area is 159 Å². The van der Waals surface area contributed by atoms with Crippen molar-refractivity contribution in [2.75, 3.05) is 5.32 Å². The van der Waals surface area contributed by atoms with Crippen LogP contribution in [0.25, 0.3) is 0 Å². The third-order valence-corrected chi connectivity index (χ3v) is 4.54. The van der Waals surface area contributed by atoms with Crippen molar-refractivity contribution in [2.24, 2.45) is 0 Å². The minimum absolute atomic E-state index is 0.179. The molecule has 3 rings (SSSR count). The molecule has 1 unspecified atom stereocenters. The zero-order valence-corrected chi connectivity index (χ0v) is 15.4. The number of para-hydroxylation sites is 1. The van der Waals surface area contributed by atoms with Crippen LogP contribution in [0.2, 0.25) is 0 Å². The average Bonchev–Trinajstić information content (AvgIpc) is 3.17. The molecule has 3 N–H and O–H groups in total. The minimum atomic E-state index is -0.541. The van der Waals surface area contributed by atoms with Crippen LogP contribution in [0.3, 0.4) is 0 Å². The average molecular weight is 367 g/mol. The summed E-state index contributed by atoms with van der Waals surface area (Å²) in [5.41, 5.74) is 0.772. The molecular weight excluding hydrogens is 342 g/mol. The van der Waals surface area contributed by atoms with Gasteiger partial charge in [0.2, 0.25) is 5.91 Å². The van der Waals surface area contributed by atoms with E-state index < -0.39 is 12.1 Å². The summed E-state index contributed by atoms with van der Waals surface area (Å²) in [4.78, 5) is 24.1. The first-order valence-electron chi connectivity index (χ1n) is 9.31. The number of urea groups is 1. The Kier molecular flexibility index (Phi) is 6.30. The SMILES string of the molecule is CC(Nc1ccc(Oc2ccccc2)cc1)C(=O)NC(=O)NC1CCCC1. The summed E-state index contributed by atoms with van der Waals surface area (Å²) in [5, 5.41) is 8.32. The van der Waals surface area contributed by atoms with E-state index >= 15 is 0 Å². The molecule has 1 aliphatic carbocycles. The van der Waals surface area contributed by atoms with Gasteiger partial charge in [0.15, 0.2) is 0 Å². The van der Waals surface area contributed by atoms with Gasteiger partial charge < -0.3 is 15.4 Å². The minimum Gasteiger partial charge on any atom is -0.457 e. The molecule has 1 fully saturated rings. The van der Waals surface area contributed by atoms with Crippen LogP contribution < -0.4 is 20.7 Å². The Hall–Kier alpha value is -3.02. The normalized spacial score (nSPS) is 15.0. The summed E-state index contributed by atoms with van der Waals surface area (Å²) >= 11 is 0. The molecule has 0 heterocycles. The molecule has 6 heteroatoms. The number of hydrogen-bond acceptors (Lipinski definition) is 4. The summed E-state index contributed by atoms with van der Waals surface area (Å²) < 4.78 is 5.74. The summed E-state index contributed by atoms with van der Waals surface area (Å²) in [5.74, 6) is 1.11. The molecule has 6 nitrogen and oxygen atoms in total. The third-order valence-electron chi connectivity index (χ3n) is 4.54. The van der Waals surface area contributed by atoms with Crippen LogP contribution in [-0.4, -0.2) is 24.0 Å². The van der Waals surface area contributed by atoms with Crippen LogP contribution in [-0.2, 0) is 4.79 Å². The smallest absolute Gasteiger partial charge is 0.321 e. The summed E-state index contributed by atoms with van der Waals surface area (Å²) in [6, 6.07) is 16.1. The molecule has 0 saturated heterocycles. The molecule has 1 aliphatic rings. The number of ether oxygens (including phenoxy) is 1. The van der Waals surface area contributed by atoms with Gasteiger partial charge in [0.25, 0.3) is 0 Å². The van der Waals surface area contributed by atoms with Crippen molar-refractivity contribution < 1.29 is 14.3 Å². The van der Waals surface area contributed by atoms with Crippen LogP contribution in [0.4, 0.5) is 10.5 Å². The van der Waals surface area contributed by atoms with Gasteiger partial charge in [0.05, 0.1) is 0 Å². The van der Waals surface area contributed by atoms with Crippen molar-refractivity contribution in [3.8, 4) is 11.5 Å². The van der Waals surface area contributed by atoms with E-state index in [2.05, 4.69) is 16.0 Å². The Bertz CT molecular complexity index is 756. The molecule has 142 valence electrons. The Morgan fingerprint density at radius 1 is 0.963 bits per heavy atom. The Morgan fingerprint density at radius 2 is 1.59 bits per heavy atom. The zero-order valence-electron chi connectivity index (χ0n) is 15.4. The standard InChI is InChI=1S/C21H25N3O3/c1-15(20(25)24-21(26)23-16-7-5-6-8-16)22-17-11-13-19(14-12-17)27-18-9-3-2-4-10-18/h2-4,9-16,22H,5-8H2,1H3,(H2,23,24,25,26). The first-order valence-corrected chi connectivity index (χ1v) is 9.31. The number of amides is 3. The molecule has 1 saturated carbocycles. The summed E-state index contributed by atoms with van der Waals surface area (Å²) in [6.45, 7) is 1.71. The maximum atomic E-state index is 12.2. The van der Waals surface area contributed by atoms with E-state index in [1.807, 2.05) is 54.6 Å². The van der Waals surface area contributed by atoms with Crippen LogP contribution in [0.1, 0.15) is 32.6 Å². The van der Waals surface area contributed by atoms with Crippen LogP contribution in [0.15, 0.2) is 54.6 Å². The van der Waals surface area contributed by atoms with Gasteiger partial charge >= 0.3 is 6.03 Å².